The molecule has 3 aliphatic rings. The molecule has 0 spiro atoms. The highest BCUT2D eigenvalue weighted by Gasteiger charge is 2.47. The van der Waals surface area contributed by atoms with Crippen molar-refractivity contribution < 1.29 is 19.1 Å². The van der Waals surface area contributed by atoms with Crippen molar-refractivity contribution in [1.29, 1.82) is 0 Å². The molecule has 4 rings (SSSR count). The second kappa shape index (κ2) is 6.83. The van der Waals surface area contributed by atoms with E-state index in [0.717, 1.165) is 38.8 Å². The van der Waals surface area contributed by atoms with Crippen molar-refractivity contribution in [2.45, 2.75) is 31.7 Å². The number of amides is 1. The minimum absolute atomic E-state index is 0.116. The zero-order valence-electron chi connectivity index (χ0n) is 14.7. The van der Waals surface area contributed by atoms with E-state index >= 15 is 0 Å². The normalized spacial score (nSPS) is 24.0. The molecule has 0 aromatic heterocycles. The van der Waals surface area contributed by atoms with Gasteiger partial charge in [0.2, 0.25) is 0 Å². The Labute approximate surface area is 152 Å². The molecular weight excluding hydrogens is 335 g/mol. The van der Waals surface area contributed by atoms with Gasteiger partial charge in [-0.05, 0) is 56.5 Å². The summed E-state index contributed by atoms with van der Waals surface area (Å²) in [5.41, 5.74) is 0.678. The Hall–Kier alpha value is -2.21. The molecule has 2 fully saturated rings. The van der Waals surface area contributed by atoms with Gasteiger partial charge in [-0.3, -0.25) is 9.59 Å². The first-order valence-electron chi connectivity index (χ1n) is 9.32. The van der Waals surface area contributed by atoms with Gasteiger partial charge in [0.25, 0.3) is 5.91 Å². The van der Waals surface area contributed by atoms with E-state index in [9.17, 15) is 19.1 Å². The average Bonchev–Trinajstić information content (AvgIpc) is 3.29. The van der Waals surface area contributed by atoms with Crippen molar-refractivity contribution in [3.8, 4) is 0 Å². The summed E-state index contributed by atoms with van der Waals surface area (Å²) in [5.74, 6) is -1.69. The average molecular weight is 358 g/mol. The summed E-state index contributed by atoms with van der Waals surface area (Å²) >= 11 is 0. The van der Waals surface area contributed by atoms with Gasteiger partial charge in [0.1, 0.15) is 5.82 Å². The Morgan fingerprint density at radius 2 is 1.92 bits per heavy atom. The number of carbonyl (C=O) groups excluding carboxylic acids is 2. The van der Waals surface area contributed by atoms with Crippen LogP contribution < -0.4 is 0 Å². The molecule has 1 aromatic carbocycles. The quantitative estimate of drug-likeness (QED) is 0.849. The van der Waals surface area contributed by atoms with E-state index in [1.165, 1.54) is 17.0 Å². The molecule has 5 nitrogen and oxygen atoms in total. The number of carbonyl (C=O) groups is 2. The van der Waals surface area contributed by atoms with Gasteiger partial charge in [-0.25, -0.2) is 4.39 Å². The Bertz CT molecular complexity index is 766. The van der Waals surface area contributed by atoms with E-state index in [-0.39, 0.29) is 17.3 Å². The lowest BCUT2D eigenvalue weighted by Gasteiger charge is -2.28. The molecule has 1 unspecified atom stereocenters. The first kappa shape index (κ1) is 17.2. The van der Waals surface area contributed by atoms with Gasteiger partial charge in [0.15, 0.2) is 11.5 Å². The Morgan fingerprint density at radius 1 is 1.19 bits per heavy atom. The molecule has 1 aliphatic carbocycles. The van der Waals surface area contributed by atoms with Crippen molar-refractivity contribution in [3.05, 3.63) is 47.0 Å². The summed E-state index contributed by atoms with van der Waals surface area (Å²) in [7, 11) is 0. The van der Waals surface area contributed by atoms with Gasteiger partial charge >= 0.3 is 0 Å². The topological polar surface area (TPSA) is 60.9 Å². The Balaban J connectivity index is 1.65. The van der Waals surface area contributed by atoms with Gasteiger partial charge in [0.05, 0.1) is 11.6 Å². The highest BCUT2D eigenvalue weighted by molar-refractivity contribution is 6.10. The largest absolute Gasteiger partial charge is 0.503 e. The maximum absolute atomic E-state index is 13.8. The lowest BCUT2D eigenvalue weighted by Crippen LogP contribution is -2.38. The first-order valence-corrected chi connectivity index (χ1v) is 9.32. The molecule has 1 saturated carbocycles. The van der Waals surface area contributed by atoms with E-state index in [4.69, 9.17) is 0 Å². The number of Topliss-reactive ketones (excluding diaryl/α,β-unsaturated/α-hetero) is 1. The molecule has 1 aromatic rings. The molecular formula is C20H23FN2O3. The van der Waals surface area contributed by atoms with Crippen molar-refractivity contribution in [3.63, 3.8) is 0 Å². The molecule has 1 saturated heterocycles. The summed E-state index contributed by atoms with van der Waals surface area (Å²) < 4.78 is 13.8. The number of likely N-dealkylation sites (tertiary alicyclic amines) is 1. The Morgan fingerprint density at radius 3 is 2.58 bits per heavy atom. The second-order valence-corrected chi connectivity index (χ2v) is 7.41. The number of rotatable bonds is 6. The van der Waals surface area contributed by atoms with Crippen LogP contribution >= 0.6 is 0 Å². The molecule has 2 aliphatic heterocycles. The van der Waals surface area contributed by atoms with Crippen LogP contribution in [0.3, 0.4) is 0 Å². The van der Waals surface area contributed by atoms with Gasteiger partial charge in [0, 0.05) is 19.0 Å². The lowest BCUT2D eigenvalue weighted by atomic mass is 9.94. The predicted molar refractivity (Wildman–Crippen MR) is 93.9 cm³/mol. The monoisotopic (exact) mass is 358 g/mol. The lowest BCUT2D eigenvalue weighted by molar-refractivity contribution is -0.129. The molecule has 0 radical (unpaired) electrons. The smallest absolute Gasteiger partial charge is 0.290 e. The number of halogens is 1. The van der Waals surface area contributed by atoms with Crippen molar-refractivity contribution >= 4 is 11.7 Å². The van der Waals surface area contributed by atoms with E-state index in [1.807, 2.05) is 0 Å². The minimum Gasteiger partial charge on any atom is -0.503 e. The highest BCUT2D eigenvalue weighted by Crippen LogP contribution is 2.43. The van der Waals surface area contributed by atoms with Crippen LogP contribution in [-0.2, 0) is 9.59 Å². The predicted octanol–water partition coefficient (Wildman–Crippen LogP) is 2.60. The molecule has 138 valence electrons. The van der Waals surface area contributed by atoms with Crippen LogP contribution in [0.2, 0.25) is 0 Å². The van der Waals surface area contributed by atoms with E-state index in [1.54, 1.807) is 12.1 Å². The Kier molecular flexibility index (Phi) is 4.53. The van der Waals surface area contributed by atoms with Gasteiger partial charge in [-0.1, -0.05) is 12.1 Å². The standard InChI is InChI=1S/C20H23FN2O3/c21-15-5-3-4-14(12-15)17-16(18(24)13-6-7-13)19(25)20(26)23(17)11-10-22-8-1-2-9-22/h3-5,12-13,17,25H,1-2,6-11H2. The van der Waals surface area contributed by atoms with Crippen LogP contribution in [0.15, 0.2) is 35.6 Å². The van der Waals surface area contributed by atoms with E-state index < -0.39 is 23.5 Å². The fourth-order valence-electron chi connectivity index (χ4n) is 3.98. The number of aliphatic hydroxyl groups is 1. The molecule has 6 heteroatoms. The molecule has 1 amide bonds. The summed E-state index contributed by atoms with van der Waals surface area (Å²) in [4.78, 5) is 29.2. The number of hydrogen-bond donors (Lipinski definition) is 1. The van der Waals surface area contributed by atoms with Crippen LogP contribution in [0.25, 0.3) is 0 Å². The zero-order valence-corrected chi connectivity index (χ0v) is 14.7. The number of hydrogen-bond acceptors (Lipinski definition) is 4. The fourth-order valence-corrected chi connectivity index (χ4v) is 3.98. The van der Waals surface area contributed by atoms with Crippen LogP contribution in [-0.4, -0.2) is 52.8 Å². The first-order chi connectivity index (χ1) is 12.6. The summed E-state index contributed by atoms with van der Waals surface area (Å²) in [6.45, 7) is 3.10. The zero-order chi connectivity index (χ0) is 18.3. The van der Waals surface area contributed by atoms with Gasteiger partial charge in [-0.2, -0.15) is 0 Å². The van der Waals surface area contributed by atoms with Gasteiger partial charge in [-0.15, -0.1) is 0 Å². The van der Waals surface area contributed by atoms with Crippen molar-refractivity contribution in [2.75, 3.05) is 26.2 Å². The van der Waals surface area contributed by atoms with Crippen molar-refractivity contribution in [2.24, 2.45) is 5.92 Å². The van der Waals surface area contributed by atoms with Crippen LogP contribution in [0.1, 0.15) is 37.3 Å². The number of benzene rings is 1. The third-order valence-electron chi connectivity index (χ3n) is 5.54. The molecule has 2 heterocycles. The van der Waals surface area contributed by atoms with Gasteiger partial charge < -0.3 is 14.9 Å². The maximum atomic E-state index is 13.8. The third kappa shape index (κ3) is 3.14. The second-order valence-electron chi connectivity index (χ2n) is 7.41. The summed E-state index contributed by atoms with van der Waals surface area (Å²) in [6.07, 6.45) is 3.87. The molecule has 26 heavy (non-hydrogen) atoms. The van der Waals surface area contributed by atoms with Crippen LogP contribution in [0.4, 0.5) is 4.39 Å². The highest BCUT2D eigenvalue weighted by atomic mass is 19.1. The van der Waals surface area contributed by atoms with E-state index in [2.05, 4.69) is 4.90 Å². The van der Waals surface area contributed by atoms with Crippen LogP contribution in [0, 0.1) is 11.7 Å². The third-order valence-corrected chi connectivity index (χ3v) is 5.54. The molecule has 1 atom stereocenters. The minimum atomic E-state index is -0.700. The molecule has 1 N–H and O–H groups in total. The number of aliphatic hydroxyl groups excluding tert-OH is 1. The molecule has 0 bridgehead atoms. The van der Waals surface area contributed by atoms with E-state index in [0.29, 0.717) is 18.7 Å². The summed E-state index contributed by atoms with van der Waals surface area (Å²) in [6, 6.07) is 5.26. The number of nitrogens with zero attached hydrogens (tertiary/aromatic N) is 2. The maximum Gasteiger partial charge on any atom is 0.290 e. The SMILES string of the molecule is O=C(C1=C(O)C(=O)N(CCN2CCCC2)C1c1cccc(F)c1)C1CC1. The fraction of sp³-hybridized carbons (Fsp3) is 0.500. The van der Waals surface area contributed by atoms with Crippen molar-refractivity contribution in [1.82, 2.24) is 9.80 Å². The number of ketones is 1. The van der Waals surface area contributed by atoms with Crippen LogP contribution in [0.5, 0.6) is 0 Å². The summed E-state index contributed by atoms with van der Waals surface area (Å²) in [5, 5.41) is 10.4.